The van der Waals surface area contributed by atoms with Gasteiger partial charge in [-0.2, -0.15) is 13.2 Å². The van der Waals surface area contributed by atoms with Crippen molar-refractivity contribution >= 4 is 29.2 Å². The summed E-state index contributed by atoms with van der Waals surface area (Å²) in [4.78, 5) is 33.6. The molecule has 1 unspecified atom stereocenters. The fraction of sp³-hybridized carbons (Fsp3) is 0.412. The normalized spacial score (nSPS) is 18.3. The van der Waals surface area contributed by atoms with Crippen LogP contribution in [0.3, 0.4) is 0 Å². The molecule has 4 heterocycles. The molecule has 12 heteroatoms. The van der Waals surface area contributed by atoms with Crippen molar-refractivity contribution in [3.05, 3.63) is 39.4 Å². The molecule has 8 nitrogen and oxygen atoms in total. The maximum Gasteiger partial charge on any atom is 0.408 e. The first kappa shape index (κ1) is 19.5. The van der Waals surface area contributed by atoms with Gasteiger partial charge >= 0.3 is 6.18 Å². The topological polar surface area (TPSA) is 89.4 Å². The van der Waals surface area contributed by atoms with E-state index in [4.69, 9.17) is 16.3 Å². The van der Waals surface area contributed by atoms with Crippen LogP contribution in [-0.2, 0) is 6.54 Å². The molecule has 0 aromatic carbocycles. The fourth-order valence-corrected chi connectivity index (χ4v) is 3.55. The molecular formula is C17H15ClF3N5O3. The third-order valence-corrected chi connectivity index (χ3v) is 4.93. The minimum absolute atomic E-state index is 0.0925. The molecule has 154 valence electrons. The highest BCUT2D eigenvalue weighted by Gasteiger charge is 2.47. The highest BCUT2D eigenvalue weighted by molar-refractivity contribution is 6.29. The number of nitrogens with zero attached hydrogens (tertiary/aromatic N) is 4. The lowest BCUT2D eigenvalue weighted by Crippen LogP contribution is -2.54. The summed E-state index contributed by atoms with van der Waals surface area (Å²) in [5.41, 5.74) is -0.483. The van der Waals surface area contributed by atoms with Crippen LogP contribution >= 0.6 is 11.6 Å². The van der Waals surface area contributed by atoms with Crippen molar-refractivity contribution in [2.24, 2.45) is 0 Å². The smallest absolute Gasteiger partial charge is 0.408 e. The van der Waals surface area contributed by atoms with Gasteiger partial charge in [-0.05, 0) is 12.5 Å². The lowest BCUT2D eigenvalue weighted by Gasteiger charge is -2.38. The lowest BCUT2D eigenvalue weighted by molar-refractivity contribution is -0.152. The van der Waals surface area contributed by atoms with Crippen LogP contribution in [0.5, 0.6) is 5.75 Å². The summed E-state index contributed by atoms with van der Waals surface area (Å²) in [5.74, 6) is -0.0881. The number of pyridine rings is 1. The molecule has 2 aliphatic heterocycles. The van der Waals surface area contributed by atoms with Crippen LogP contribution < -0.4 is 20.5 Å². The molecule has 0 bridgehead atoms. The Bertz CT molecular complexity index is 1030. The molecule has 0 aliphatic carbocycles. The summed E-state index contributed by atoms with van der Waals surface area (Å²) >= 11 is 5.79. The first-order valence-electron chi connectivity index (χ1n) is 8.74. The summed E-state index contributed by atoms with van der Waals surface area (Å²) < 4.78 is 47.4. The average molecular weight is 430 g/mol. The molecule has 0 saturated carbocycles. The van der Waals surface area contributed by atoms with E-state index in [1.165, 1.54) is 12.3 Å². The number of nitrogens with one attached hydrogen (secondary N) is 1. The highest BCUT2D eigenvalue weighted by atomic mass is 35.5. The van der Waals surface area contributed by atoms with Crippen molar-refractivity contribution in [1.29, 1.82) is 0 Å². The second-order valence-electron chi connectivity index (χ2n) is 6.61. The SMILES string of the molecule is O=C(CN1c2nc(Cl)cc(=O)n2CCC1C(F)(F)F)c1cnc2c(c1)OCCN2. The zero-order chi connectivity index (χ0) is 20.8. The minimum Gasteiger partial charge on any atom is -0.488 e. The van der Waals surface area contributed by atoms with Gasteiger partial charge in [0.2, 0.25) is 5.95 Å². The number of halogens is 4. The second-order valence-corrected chi connectivity index (χ2v) is 7.00. The molecule has 0 amide bonds. The van der Waals surface area contributed by atoms with Gasteiger partial charge in [-0.1, -0.05) is 11.6 Å². The summed E-state index contributed by atoms with van der Waals surface area (Å²) in [6, 6.07) is 0.485. The number of hydrogen-bond donors (Lipinski definition) is 1. The Balaban J connectivity index is 1.69. The zero-order valence-corrected chi connectivity index (χ0v) is 15.6. The van der Waals surface area contributed by atoms with E-state index >= 15 is 0 Å². The van der Waals surface area contributed by atoms with Crippen LogP contribution in [0.2, 0.25) is 5.15 Å². The molecule has 29 heavy (non-hydrogen) atoms. The minimum atomic E-state index is -4.62. The van der Waals surface area contributed by atoms with Crippen LogP contribution in [0.25, 0.3) is 0 Å². The Labute approximate surface area is 167 Å². The molecule has 4 rings (SSSR count). The largest absolute Gasteiger partial charge is 0.488 e. The molecule has 0 fully saturated rings. The van der Waals surface area contributed by atoms with E-state index in [0.717, 1.165) is 15.5 Å². The molecule has 0 radical (unpaired) electrons. The zero-order valence-electron chi connectivity index (χ0n) is 14.9. The van der Waals surface area contributed by atoms with Gasteiger partial charge in [-0.3, -0.25) is 14.2 Å². The van der Waals surface area contributed by atoms with Gasteiger partial charge in [0, 0.05) is 24.4 Å². The molecule has 1 atom stereocenters. The first-order chi connectivity index (χ1) is 13.7. The van der Waals surface area contributed by atoms with Crippen molar-refractivity contribution in [3.8, 4) is 5.75 Å². The number of anilines is 2. The number of Topliss-reactive ketones (excluding diaryl/α,β-unsaturated/α-hetero) is 1. The second kappa shape index (κ2) is 7.21. The Morgan fingerprint density at radius 3 is 2.93 bits per heavy atom. The van der Waals surface area contributed by atoms with Crippen molar-refractivity contribution in [2.75, 3.05) is 29.9 Å². The van der Waals surface area contributed by atoms with E-state index in [0.29, 0.717) is 24.7 Å². The Kier molecular flexibility index (Phi) is 4.85. The van der Waals surface area contributed by atoms with Gasteiger partial charge in [-0.15, -0.1) is 0 Å². The number of ketones is 1. The Morgan fingerprint density at radius 2 is 2.17 bits per heavy atom. The van der Waals surface area contributed by atoms with Gasteiger partial charge < -0.3 is 15.0 Å². The number of alkyl halides is 3. The standard InChI is InChI=1S/C17H15ClF3N5O3/c18-13-6-14(28)25-3-1-12(17(19,20)21)26(16(25)24-13)8-10(27)9-5-11-15(23-7-9)22-2-4-29-11/h5-7,12H,1-4,8H2,(H,22,23). The number of aromatic nitrogens is 3. The van der Waals surface area contributed by atoms with Gasteiger partial charge in [0.15, 0.2) is 17.4 Å². The fourth-order valence-electron chi connectivity index (χ4n) is 3.38. The van der Waals surface area contributed by atoms with E-state index in [1.54, 1.807) is 0 Å². The molecule has 2 aromatic heterocycles. The Hall–Kier alpha value is -2.82. The quantitative estimate of drug-likeness (QED) is 0.590. The summed E-state index contributed by atoms with van der Waals surface area (Å²) in [6.45, 7) is 0.123. The molecule has 1 N–H and O–H groups in total. The molecule has 2 aromatic rings. The summed E-state index contributed by atoms with van der Waals surface area (Å²) in [6.07, 6.45) is -3.73. The van der Waals surface area contributed by atoms with E-state index < -0.39 is 30.1 Å². The number of carbonyl (C=O) groups excluding carboxylic acids is 1. The number of ether oxygens (including phenoxy) is 1. The van der Waals surface area contributed by atoms with Crippen molar-refractivity contribution in [3.63, 3.8) is 0 Å². The van der Waals surface area contributed by atoms with Crippen molar-refractivity contribution in [2.45, 2.75) is 25.2 Å². The number of rotatable bonds is 3. The monoisotopic (exact) mass is 429 g/mol. The van der Waals surface area contributed by atoms with Gasteiger partial charge in [0.05, 0.1) is 13.1 Å². The number of carbonyl (C=O) groups is 1. The van der Waals surface area contributed by atoms with Crippen molar-refractivity contribution in [1.82, 2.24) is 14.5 Å². The number of hydrogen-bond acceptors (Lipinski definition) is 7. The summed E-state index contributed by atoms with van der Waals surface area (Å²) in [5, 5.41) is 2.75. The third kappa shape index (κ3) is 3.74. The average Bonchev–Trinajstić information content (AvgIpc) is 2.67. The van der Waals surface area contributed by atoms with Crippen LogP contribution in [0.15, 0.2) is 23.1 Å². The van der Waals surface area contributed by atoms with Crippen molar-refractivity contribution < 1.29 is 22.7 Å². The highest BCUT2D eigenvalue weighted by Crippen LogP contribution is 2.34. The van der Waals surface area contributed by atoms with Crippen LogP contribution in [-0.4, -0.2) is 52.2 Å². The molecular weight excluding hydrogens is 415 g/mol. The molecule has 0 spiro atoms. The van der Waals surface area contributed by atoms with E-state index in [1.807, 2.05) is 0 Å². The predicted molar refractivity (Wildman–Crippen MR) is 97.9 cm³/mol. The number of fused-ring (bicyclic) bond motifs is 2. The van der Waals surface area contributed by atoms with Gasteiger partial charge in [-0.25, -0.2) is 9.97 Å². The van der Waals surface area contributed by atoms with Crippen LogP contribution in [0, 0.1) is 0 Å². The van der Waals surface area contributed by atoms with Gasteiger partial charge in [0.1, 0.15) is 17.8 Å². The van der Waals surface area contributed by atoms with E-state index in [2.05, 4.69) is 15.3 Å². The maximum atomic E-state index is 13.6. The van der Waals surface area contributed by atoms with E-state index in [9.17, 15) is 22.8 Å². The van der Waals surface area contributed by atoms with Crippen LogP contribution in [0.4, 0.5) is 24.9 Å². The lowest BCUT2D eigenvalue weighted by atomic mass is 10.1. The maximum absolute atomic E-state index is 13.6. The van der Waals surface area contributed by atoms with E-state index in [-0.39, 0.29) is 29.6 Å². The van der Waals surface area contributed by atoms with Crippen LogP contribution in [0.1, 0.15) is 16.8 Å². The Morgan fingerprint density at radius 1 is 1.38 bits per heavy atom. The summed E-state index contributed by atoms with van der Waals surface area (Å²) in [7, 11) is 0. The predicted octanol–water partition coefficient (Wildman–Crippen LogP) is 2.12. The molecule has 0 saturated heterocycles. The molecule has 2 aliphatic rings. The first-order valence-corrected chi connectivity index (χ1v) is 9.12. The van der Waals surface area contributed by atoms with Gasteiger partial charge in [0.25, 0.3) is 5.56 Å². The third-order valence-electron chi connectivity index (χ3n) is 4.73.